The zero-order valence-electron chi connectivity index (χ0n) is 12.2. The lowest BCUT2D eigenvalue weighted by molar-refractivity contribution is 0.306. The van der Waals surface area contributed by atoms with Crippen LogP contribution in [0.4, 0.5) is 0 Å². The Morgan fingerprint density at radius 2 is 1.63 bits per heavy atom. The van der Waals surface area contributed by atoms with Crippen molar-refractivity contribution in [1.82, 2.24) is 0 Å². The lowest BCUT2D eigenvalue weighted by Crippen LogP contribution is -2.37. The van der Waals surface area contributed by atoms with E-state index >= 15 is 0 Å². The van der Waals surface area contributed by atoms with E-state index in [0.717, 1.165) is 5.75 Å². The first-order valence-corrected chi connectivity index (χ1v) is 10.2. The fourth-order valence-electron chi connectivity index (χ4n) is 1.97. The van der Waals surface area contributed by atoms with Crippen molar-refractivity contribution in [3.8, 4) is 5.75 Å². The van der Waals surface area contributed by atoms with Crippen molar-refractivity contribution in [2.24, 2.45) is 0 Å². The minimum absolute atomic E-state index is 0.634. The molecule has 0 heterocycles. The van der Waals surface area contributed by atoms with E-state index in [4.69, 9.17) is 4.74 Å². The summed E-state index contributed by atoms with van der Waals surface area (Å²) >= 11 is 0. The monoisotopic (exact) mass is 270 g/mol. The summed E-state index contributed by atoms with van der Waals surface area (Å²) in [5, 5.41) is 1.49. The normalized spacial score (nSPS) is 11.4. The van der Waals surface area contributed by atoms with Gasteiger partial charge in [-0.15, -0.1) is 0 Å². The summed E-state index contributed by atoms with van der Waals surface area (Å²) in [5.74, 6) is 0.939. The SMILES string of the molecule is Cc1cccc(OCc2ccc([Si](C)(C)C)cc2)c1. The average Bonchev–Trinajstić information content (AvgIpc) is 2.36. The van der Waals surface area contributed by atoms with Crippen LogP contribution in [0.1, 0.15) is 11.1 Å². The molecule has 1 nitrogen and oxygen atoms in total. The maximum atomic E-state index is 5.81. The second-order valence-electron chi connectivity index (χ2n) is 6.05. The largest absolute Gasteiger partial charge is 0.489 e. The summed E-state index contributed by atoms with van der Waals surface area (Å²) in [6, 6.07) is 17.0. The second kappa shape index (κ2) is 5.62. The number of rotatable bonds is 4. The molecule has 0 fully saturated rings. The summed E-state index contributed by atoms with van der Waals surface area (Å²) < 4.78 is 5.81. The van der Waals surface area contributed by atoms with Crippen molar-refractivity contribution in [2.45, 2.75) is 33.2 Å². The third-order valence-electron chi connectivity index (χ3n) is 3.22. The van der Waals surface area contributed by atoms with Crippen molar-refractivity contribution in [3.63, 3.8) is 0 Å². The van der Waals surface area contributed by atoms with E-state index in [2.05, 4.69) is 63.0 Å². The molecule has 0 aliphatic carbocycles. The summed E-state index contributed by atoms with van der Waals surface area (Å²) in [6.07, 6.45) is 0. The number of hydrogen-bond acceptors (Lipinski definition) is 1. The third-order valence-corrected chi connectivity index (χ3v) is 5.28. The van der Waals surface area contributed by atoms with Crippen LogP contribution in [0, 0.1) is 6.92 Å². The Bertz CT molecular complexity index is 538. The standard InChI is InChI=1S/C17H22OSi/c1-14-6-5-7-16(12-14)18-13-15-8-10-17(11-9-15)19(2,3)4/h5-12H,13H2,1-4H3. The molecule has 2 aromatic rings. The Hall–Kier alpha value is -1.54. The fraction of sp³-hybridized carbons (Fsp3) is 0.294. The molecule has 0 aliphatic heterocycles. The first-order valence-electron chi connectivity index (χ1n) is 6.74. The molecule has 0 saturated heterocycles. The quantitative estimate of drug-likeness (QED) is 0.759. The number of aryl methyl sites for hydroxylation is 1. The third kappa shape index (κ3) is 3.96. The smallest absolute Gasteiger partial charge is 0.120 e. The highest BCUT2D eigenvalue weighted by Crippen LogP contribution is 2.14. The Morgan fingerprint density at radius 3 is 2.21 bits per heavy atom. The summed E-state index contributed by atoms with van der Waals surface area (Å²) in [6.45, 7) is 9.81. The van der Waals surface area contributed by atoms with Gasteiger partial charge < -0.3 is 4.74 Å². The molecule has 0 saturated carbocycles. The lowest BCUT2D eigenvalue weighted by atomic mass is 10.2. The molecule has 2 aromatic carbocycles. The molecule has 0 aromatic heterocycles. The molecule has 2 rings (SSSR count). The van der Waals surface area contributed by atoms with Crippen LogP contribution in [0.15, 0.2) is 48.5 Å². The maximum absolute atomic E-state index is 5.81. The highest BCUT2D eigenvalue weighted by molar-refractivity contribution is 6.88. The van der Waals surface area contributed by atoms with Gasteiger partial charge in [-0.1, -0.05) is 61.2 Å². The predicted octanol–water partition coefficient (Wildman–Crippen LogP) is 4.12. The predicted molar refractivity (Wildman–Crippen MR) is 84.9 cm³/mol. The van der Waals surface area contributed by atoms with Crippen LogP contribution in [0.25, 0.3) is 0 Å². The fourth-order valence-corrected chi connectivity index (χ4v) is 3.14. The van der Waals surface area contributed by atoms with E-state index in [9.17, 15) is 0 Å². The van der Waals surface area contributed by atoms with Crippen molar-refractivity contribution < 1.29 is 4.74 Å². The number of ether oxygens (including phenoxy) is 1. The van der Waals surface area contributed by atoms with Crippen LogP contribution in [0.2, 0.25) is 19.6 Å². The van der Waals surface area contributed by atoms with Crippen LogP contribution in [0.5, 0.6) is 5.75 Å². The summed E-state index contributed by atoms with van der Waals surface area (Å²) in [7, 11) is -1.19. The van der Waals surface area contributed by atoms with Crippen LogP contribution in [0.3, 0.4) is 0 Å². The molecule has 19 heavy (non-hydrogen) atoms. The van der Waals surface area contributed by atoms with E-state index in [-0.39, 0.29) is 0 Å². The Kier molecular flexibility index (Phi) is 4.10. The first-order chi connectivity index (χ1) is 8.95. The number of benzene rings is 2. The maximum Gasteiger partial charge on any atom is 0.120 e. The van der Waals surface area contributed by atoms with Gasteiger partial charge in [-0.3, -0.25) is 0 Å². The molecule has 0 bridgehead atoms. The van der Waals surface area contributed by atoms with Gasteiger partial charge in [0.1, 0.15) is 12.4 Å². The van der Waals surface area contributed by atoms with Crippen LogP contribution < -0.4 is 9.92 Å². The van der Waals surface area contributed by atoms with E-state index < -0.39 is 8.07 Å². The second-order valence-corrected chi connectivity index (χ2v) is 11.1. The van der Waals surface area contributed by atoms with Gasteiger partial charge in [-0.05, 0) is 30.2 Å². The van der Waals surface area contributed by atoms with Crippen LogP contribution in [-0.4, -0.2) is 8.07 Å². The van der Waals surface area contributed by atoms with Crippen LogP contribution in [-0.2, 0) is 6.61 Å². The molecular weight excluding hydrogens is 248 g/mol. The number of hydrogen-bond donors (Lipinski definition) is 0. The Labute approximate surface area is 117 Å². The molecule has 0 amide bonds. The molecule has 0 radical (unpaired) electrons. The molecule has 2 heteroatoms. The first kappa shape index (κ1) is 13.9. The van der Waals surface area contributed by atoms with E-state index in [1.807, 2.05) is 12.1 Å². The molecule has 100 valence electrons. The van der Waals surface area contributed by atoms with Crippen molar-refractivity contribution >= 4 is 13.3 Å². The van der Waals surface area contributed by atoms with Crippen molar-refractivity contribution in [3.05, 3.63) is 59.7 Å². The minimum atomic E-state index is -1.19. The van der Waals surface area contributed by atoms with Gasteiger partial charge >= 0.3 is 0 Å². The molecular formula is C17H22OSi. The zero-order chi connectivity index (χ0) is 13.9. The molecule has 0 unspecified atom stereocenters. The topological polar surface area (TPSA) is 9.23 Å². The summed E-state index contributed by atoms with van der Waals surface area (Å²) in [4.78, 5) is 0. The van der Waals surface area contributed by atoms with Gasteiger partial charge in [0.05, 0.1) is 8.07 Å². The van der Waals surface area contributed by atoms with E-state index in [1.54, 1.807) is 0 Å². The van der Waals surface area contributed by atoms with Crippen molar-refractivity contribution in [2.75, 3.05) is 0 Å². The molecule has 0 aliphatic rings. The highest BCUT2D eigenvalue weighted by atomic mass is 28.3. The van der Waals surface area contributed by atoms with Crippen molar-refractivity contribution in [1.29, 1.82) is 0 Å². The molecule has 0 N–H and O–H groups in total. The minimum Gasteiger partial charge on any atom is -0.489 e. The van der Waals surface area contributed by atoms with Gasteiger partial charge in [-0.25, -0.2) is 0 Å². The molecule has 0 atom stereocenters. The van der Waals surface area contributed by atoms with E-state index in [1.165, 1.54) is 16.3 Å². The van der Waals surface area contributed by atoms with Gasteiger partial charge in [0.15, 0.2) is 0 Å². The highest BCUT2D eigenvalue weighted by Gasteiger charge is 2.15. The van der Waals surface area contributed by atoms with E-state index in [0.29, 0.717) is 6.61 Å². The van der Waals surface area contributed by atoms with Gasteiger partial charge in [0.2, 0.25) is 0 Å². The van der Waals surface area contributed by atoms with Gasteiger partial charge in [-0.2, -0.15) is 0 Å². The van der Waals surface area contributed by atoms with Crippen LogP contribution >= 0.6 is 0 Å². The lowest BCUT2D eigenvalue weighted by Gasteiger charge is -2.16. The molecule has 0 spiro atoms. The average molecular weight is 270 g/mol. The van der Waals surface area contributed by atoms with Gasteiger partial charge in [0.25, 0.3) is 0 Å². The Morgan fingerprint density at radius 1 is 0.947 bits per heavy atom. The Balaban J connectivity index is 2.01. The van der Waals surface area contributed by atoms with Gasteiger partial charge in [0, 0.05) is 0 Å². The summed E-state index contributed by atoms with van der Waals surface area (Å²) in [5.41, 5.74) is 2.45. The zero-order valence-corrected chi connectivity index (χ0v) is 13.2.